The van der Waals surface area contributed by atoms with Crippen LogP contribution in [0.4, 0.5) is 4.79 Å². The van der Waals surface area contributed by atoms with Crippen molar-refractivity contribution >= 4 is 12.0 Å². The van der Waals surface area contributed by atoms with Crippen molar-refractivity contribution in [1.29, 1.82) is 0 Å². The Bertz CT molecular complexity index is 347. The first-order valence-corrected chi connectivity index (χ1v) is 6.94. The number of likely N-dealkylation sites (N-methyl/N-ethyl adjacent to an activating group) is 1. The Balaban J connectivity index is 2.24. The zero-order valence-corrected chi connectivity index (χ0v) is 12.4. The summed E-state index contributed by atoms with van der Waals surface area (Å²) in [5.41, 5.74) is -0.975. The van der Waals surface area contributed by atoms with E-state index in [2.05, 4.69) is 22.5 Å². The SMILES string of the molecule is CCN1CCOC(CNC(=O)NCC(C)(C)C(=O)O)C1. The van der Waals surface area contributed by atoms with Gasteiger partial charge in [-0.2, -0.15) is 0 Å². The van der Waals surface area contributed by atoms with Crippen LogP contribution in [0.15, 0.2) is 0 Å². The molecule has 3 N–H and O–H groups in total. The molecule has 116 valence electrons. The third-order valence-corrected chi connectivity index (χ3v) is 3.43. The molecule has 0 bridgehead atoms. The number of hydrogen-bond acceptors (Lipinski definition) is 4. The third kappa shape index (κ3) is 5.34. The quantitative estimate of drug-likeness (QED) is 0.645. The first kappa shape index (κ1) is 16.7. The summed E-state index contributed by atoms with van der Waals surface area (Å²) in [7, 11) is 0. The van der Waals surface area contributed by atoms with Gasteiger partial charge in [-0.25, -0.2) is 4.79 Å². The summed E-state index contributed by atoms with van der Waals surface area (Å²) in [6.45, 7) is 9.11. The molecule has 1 aliphatic heterocycles. The highest BCUT2D eigenvalue weighted by Crippen LogP contribution is 2.12. The smallest absolute Gasteiger partial charge is 0.314 e. The fourth-order valence-corrected chi connectivity index (χ4v) is 1.84. The minimum Gasteiger partial charge on any atom is -0.481 e. The van der Waals surface area contributed by atoms with Gasteiger partial charge in [-0.3, -0.25) is 9.69 Å². The van der Waals surface area contributed by atoms with E-state index >= 15 is 0 Å². The summed E-state index contributed by atoms with van der Waals surface area (Å²) in [4.78, 5) is 24.8. The van der Waals surface area contributed by atoms with Crippen molar-refractivity contribution < 1.29 is 19.4 Å². The maximum Gasteiger partial charge on any atom is 0.314 e. The van der Waals surface area contributed by atoms with E-state index in [0.29, 0.717) is 13.2 Å². The number of morpholine rings is 1. The number of carbonyl (C=O) groups is 2. The largest absolute Gasteiger partial charge is 0.481 e. The lowest BCUT2D eigenvalue weighted by Crippen LogP contribution is -2.50. The van der Waals surface area contributed by atoms with E-state index in [1.54, 1.807) is 13.8 Å². The average molecular weight is 287 g/mol. The molecule has 1 atom stereocenters. The molecule has 1 rings (SSSR count). The molecule has 0 radical (unpaired) electrons. The Hall–Kier alpha value is -1.34. The van der Waals surface area contributed by atoms with Crippen LogP contribution >= 0.6 is 0 Å². The van der Waals surface area contributed by atoms with Crippen molar-refractivity contribution in [3.63, 3.8) is 0 Å². The van der Waals surface area contributed by atoms with Gasteiger partial charge >= 0.3 is 12.0 Å². The molecule has 7 heteroatoms. The third-order valence-electron chi connectivity index (χ3n) is 3.43. The van der Waals surface area contributed by atoms with Gasteiger partial charge in [-0.1, -0.05) is 6.92 Å². The average Bonchev–Trinajstić information content (AvgIpc) is 2.43. The van der Waals surface area contributed by atoms with Gasteiger partial charge in [0, 0.05) is 26.2 Å². The van der Waals surface area contributed by atoms with Crippen LogP contribution < -0.4 is 10.6 Å². The molecule has 2 amide bonds. The second kappa shape index (κ2) is 7.44. The van der Waals surface area contributed by atoms with Crippen LogP contribution in [-0.2, 0) is 9.53 Å². The second-order valence-electron chi connectivity index (χ2n) is 5.64. The van der Waals surface area contributed by atoms with Crippen LogP contribution in [0.3, 0.4) is 0 Å². The van der Waals surface area contributed by atoms with E-state index in [9.17, 15) is 9.59 Å². The molecule has 0 aromatic heterocycles. The van der Waals surface area contributed by atoms with E-state index in [0.717, 1.165) is 19.6 Å². The van der Waals surface area contributed by atoms with Crippen LogP contribution in [0.1, 0.15) is 20.8 Å². The zero-order valence-electron chi connectivity index (χ0n) is 12.4. The lowest BCUT2D eigenvalue weighted by Gasteiger charge is -2.32. The minimum atomic E-state index is -0.975. The highest BCUT2D eigenvalue weighted by molar-refractivity contribution is 5.77. The molecule has 1 fully saturated rings. The molecule has 0 aromatic rings. The van der Waals surface area contributed by atoms with Crippen molar-refractivity contribution in [3.8, 4) is 0 Å². The van der Waals surface area contributed by atoms with E-state index in [1.807, 2.05) is 0 Å². The number of rotatable bonds is 6. The molecule has 1 saturated heterocycles. The summed E-state index contributed by atoms with van der Waals surface area (Å²) in [6, 6.07) is -0.364. The molecule has 1 heterocycles. The maximum atomic E-state index is 11.6. The topological polar surface area (TPSA) is 90.9 Å². The molecule has 0 spiro atoms. The molecular formula is C13H25N3O4. The van der Waals surface area contributed by atoms with Gasteiger partial charge in [0.2, 0.25) is 0 Å². The number of nitrogens with zero attached hydrogens (tertiary/aromatic N) is 1. The normalized spacial score (nSPS) is 20.4. The monoisotopic (exact) mass is 287 g/mol. The summed E-state index contributed by atoms with van der Waals surface area (Å²) < 4.78 is 5.57. The van der Waals surface area contributed by atoms with Crippen molar-refractivity contribution in [1.82, 2.24) is 15.5 Å². The molecule has 1 unspecified atom stereocenters. The molecule has 0 saturated carbocycles. The standard InChI is InChI=1S/C13H25N3O4/c1-4-16-5-6-20-10(8-16)7-14-12(19)15-9-13(2,3)11(17)18/h10H,4-9H2,1-3H3,(H,17,18)(H2,14,15,19). The lowest BCUT2D eigenvalue weighted by atomic mass is 9.94. The highest BCUT2D eigenvalue weighted by atomic mass is 16.5. The summed E-state index contributed by atoms with van der Waals surface area (Å²) >= 11 is 0. The van der Waals surface area contributed by atoms with Crippen molar-refractivity contribution in [3.05, 3.63) is 0 Å². The van der Waals surface area contributed by atoms with Crippen molar-refractivity contribution in [2.45, 2.75) is 26.9 Å². The molecule has 1 aliphatic rings. The Morgan fingerprint density at radius 3 is 2.70 bits per heavy atom. The fraction of sp³-hybridized carbons (Fsp3) is 0.846. The van der Waals surface area contributed by atoms with Gasteiger partial charge in [0.05, 0.1) is 18.1 Å². The van der Waals surface area contributed by atoms with E-state index in [4.69, 9.17) is 9.84 Å². The summed E-state index contributed by atoms with van der Waals surface area (Å²) in [6.07, 6.45) is -0.0121. The van der Waals surface area contributed by atoms with Crippen molar-refractivity contribution in [2.75, 3.05) is 39.3 Å². The number of nitrogens with one attached hydrogen (secondary N) is 2. The Labute approximate surface area is 119 Å². The number of amides is 2. The predicted molar refractivity (Wildman–Crippen MR) is 74.7 cm³/mol. The molecular weight excluding hydrogens is 262 g/mol. The number of hydrogen-bond donors (Lipinski definition) is 3. The maximum absolute atomic E-state index is 11.6. The molecule has 0 aliphatic carbocycles. The van der Waals surface area contributed by atoms with Crippen LogP contribution in [0.25, 0.3) is 0 Å². The fourth-order valence-electron chi connectivity index (χ4n) is 1.84. The second-order valence-corrected chi connectivity index (χ2v) is 5.64. The van der Waals surface area contributed by atoms with Gasteiger partial charge in [-0.15, -0.1) is 0 Å². The molecule has 20 heavy (non-hydrogen) atoms. The number of carbonyl (C=O) groups excluding carboxylic acids is 1. The van der Waals surface area contributed by atoms with E-state index in [1.165, 1.54) is 0 Å². The Morgan fingerprint density at radius 2 is 2.10 bits per heavy atom. The highest BCUT2D eigenvalue weighted by Gasteiger charge is 2.27. The lowest BCUT2D eigenvalue weighted by molar-refractivity contribution is -0.146. The van der Waals surface area contributed by atoms with Crippen LogP contribution in [0.2, 0.25) is 0 Å². The van der Waals surface area contributed by atoms with E-state index < -0.39 is 11.4 Å². The number of urea groups is 1. The molecule has 7 nitrogen and oxygen atoms in total. The first-order chi connectivity index (χ1) is 9.35. The van der Waals surface area contributed by atoms with Crippen LogP contribution in [0.5, 0.6) is 0 Å². The van der Waals surface area contributed by atoms with Gasteiger partial charge < -0.3 is 20.5 Å². The number of aliphatic carboxylic acids is 1. The molecule has 0 aromatic carbocycles. The first-order valence-electron chi connectivity index (χ1n) is 6.94. The zero-order chi connectivity index (χ0) is 15.2. The van der Waals surface area contributed by atoms with Crippen LogP contribution in [0, 0.1) is 5.41 Å². The predicted octanol–water partition coefficient (Wildman–Crippen LogP) is 0.117. The van der Waals surface area contributed by atoms with Gasteiger partial charge in [0.25, 0.3) is 0 Å². The summed E-state index contributed by atoms with van der Waals surface area (Å²) in [5.74, 6) is -0.938. The van der Waals surface area contributed by atoms with Crippen LogP contribution in [-0.4, -0.2) is 67.4 Å². The van der Waals surface area contributed by atoms with Gasteiger partial charge in [0.1, 0.15) is 0 Å². The number of carboxylic acids is 1. The van der Waals surface area contributed by atoms with E-state index in [-0.39, 0.29) is 18.7 Å². The number of carboxylic acid groups (broad SMARTS) is 1. The van der Waals surface area contributed by atoms with Gasteiger partial charge in [-0.05, 0) is 20.4 Å². The summed E-state index contributed by atoms with van der Waals surface area (Å²) in [5, 5.41) is 14.2. The van der Waals surface area contributed by atoms with Gasteiger partial charge in [0.15, 0.2) is 0 Å². The number of ether oxygens (including phenoxy) is 1. The van der Waals surface area contributed by atoms with Crippen molar-refractivity contribution in [2.24, 2.45) is 5.41 Å². The minimum absolute atomic E-state index is 0.0121. The Kier molecular flexibility index (Phi) is 6.22. The Morgan fingerprint density at radius 1 is 1.40 bits per heavy atom.